The van der Waals surface area contributed by atoms with E-state index in [4.69, 9.17) is 18.9 Å². The Labute approximate surface area is 222 Å². The molecule has 0 aliphatic carbocycles. The number of methoxy groups -OCH3 is 1. The van der Waals surface area contributed by atoms with Crippen LogP contribution in [0.2, 0.25) is 0 Å². The smallest absolute Gasteiger partial charge is 0.407 e. The van der Waals surface area contributed by atoms with Crippen LogP contribution in [0.15, 0.2) is 11.1 Å². The Bertz CT molecular complexity index is 912. The van der Waals surface area contributed by atoms with Crippen molar-refractivity contribution in [2.75, 3.05) is 20.3 Å². The molecule has 0 radical (unpaired) electrons. The zero-order chi connectivity index (χ0) is 29.0. The molecule has 2 atom stereocenters. The van der Waals surface area contributed by atoms with Gasteiger partial charge in [0.1, 0.15) is 17.8 Å². The number of aryl methyl sites for hydroxylation is 2. The summed E-state index contributed by atoms with van der Waals surface area (Å²) < 4.78 is 22.7. The van der Waals surface area contributed by atoms with Crippen LogP contribution in [0.5, 0.6) is 5.88 Å². The molecule has 0 aliphatic rings. The largest absolute Gasteiger partial charge is 0.475 e. The van der Waals surface area contributed by atoms with Crippen molar-refractivity contribution in [3.8, 4) is 5.88 Å². The Kier molecular flexibility index (Phi) is 14.0. The fourth-order valence-electron chi connectivity index (χ4n) is 2.97. The summed E-state index contributed by atoms with van der Waals surface area (Å²) in [5.41, 5.74) is 1.34. The summed E-state index contributed by atoms with van der Waals surface area (Å²) in [5, 5.41) is 9.76. The Hall–Kier alpha value is -3.08. The van der Waals surface area contributed by atoms with Crippen LogP contribution < -0.4 is 15.4 Å². The predicted octanol–water partition coefficient (Wildman–Crippen LogP) is 4.63. The lowest BCUT2D eigenvalue weighted by molar-refractivity contribution is 0.0471. The maximum absolute atomic E-state index is 11.8. The number of rotatable bonds is 9. The van der Waals surface area contributed by atoms with Gasteiger partial charge >= 0.3 is 12.2 Å². The zero-order valence-corrected chi connectivity index (χ0v) is 24.6. The van der Waals surface area contributed by atoms with E-state index in [-0.39, 0.29) is 18.7 Å². The second-order valence-corrected chi connectivity index (χ2v) is 10.6. The summed E-state index contributed by atoms with van der Waals surface area (Å²) in [6, 6.07) is -0.256. The van der Waals surface area contributed by atoms with Gasteiger partial charge in [-0.05, 0) is 76.0 Å². The van der Waals surface area contributed by atoms with E-state index in [1.807, 2.05) is 75.3 Å². The summed E-state index contributed by atoms with van der Waals surface area (Å²) >= 11 is 0. The first kappa shape index (κ1) is 33.9. The number of carbonyl (C=O) groups excluding carboxylic acids is 2. The molecule has 1 heterocycles. The highest BCUT2D eigenvalue weighted by Gasteiger charge is 2.21. The quantitative estimate of drug-likeness (QED) is 0.450. The van der Waals surface area contributed by atoms with E-state index in [0.717, 1.165) is 11.3 Å². The first-order valence-electron chi connectivity index (χ1n) is 12.2. The van der Waals surface area contributed by atoms with Crippen LogP contribution in [-0.2, 0) is 21.3 Å². The highest BCUT2D eigenvalue weighted by Crippen LogP contribution is 2.29. The number of carbonyl (C=O) groups is 2. The molecule has 0 fully saturated rings. The van der Waals surface area contributed by atoms with E-state index in [1.54, 1.807) is 18.8 Å². The fourth-order valence-corrected chi connectivity index (χ4v) is 2.97. The Balaban J connectivity index is 0.000000845. The molecule has 0 spiro atoms. The summed E-state index contributed by atoms with van der Waals surface area (Å²) in [5.74, 6) is 0.589. The minimum absolute atomic E-state index is 0.0279. The topological polar surface area (TPSA) is 125 Å². The molecule has 2 unspecified atom stereocenters. The molecule has 0 saturated heterocycles. The maximum Gasteiger partial charge on any atom is 0.407 e. The molecule has 0 aliphatic heterocycles. The zero-order valence-electron chi connectivity index (χ0n) is 24.6. The van der Waals surface area contributed by atoms with Crippen LogP contribution >= 0.6 is 0 Å². The predicted molar refractivity (Wildman–Crippen MR) is 146 cm³/mol. The summed E-state index contributed by atoms with van der Waals surface area (Å²) in [7, 11) is 3.39. The van der Waals surface area contributed by atoms with Crippen molar-refractivity contribution in [2.24, 2.45) is 12.0 Å². The first-order valence-corrected chi connectivity index (χ1v) is 12.2. The fraction of sp³-hybridized carbons (Fsp3) is 0.692. The highest BCUT2D eigenvalue weighted by molar-refractivity contribution is 5.73. The SMILES string of the molecule is C=N/C(=C\C)c1c(C)nn(C)c1OCC(C)NC(=O)OC(C)(C)C.COCC(C)NC(=O)OC(C)(C)C. The van der Waals surface area contributed by atoms with E-state index >= 15 is 0 Å². The molecule has 2 N–H and O–H groups in total. The van der Waals surface area contributed by atoms with Gasteiger partial charge in [0, 0.05) is 14.2 Å². The van der Waals surface area contributed by atoms with Gasteiger partial charge in [0.25, 0.3) is 0 Å². The van der Waals surface area contributed by atoms with Crippen molar-refractivity contribution in [1.29, 1.82) is 0 Å². The Morgan fingerprint density at radius 3 is 1.86 bits per heavy atom. The second-order valence-electron chi connectivity index (χ2n) is 10.6. The third-order valence-corrected chi connectivity index (χ3v) is 4.28. The van der Waals surface area contributed by atoms with Gasteiger partial charge in [-0.2, -0.15) is 5.10 Å². The summed E-state index contributed by atoms with van der Waals surface area (Å²) in [6.07, 6.45) is 0.977. The standard InChI is InChI=1S/C17H28N4O3.C9H19NO3/c1-9-13(18-7)14-12(3)20-21(8)15(14)23-10-11(2)19-16(22)24-17(4,5)6;1-7(6-12-5)10-8(11)13-9(2,3)4/h9,11H,7,10H2,1-6,8H3,(H,19,22);7H,6H2,1-5H3,(H,10,11)/b13-9-;. The third-order valence-electron chi connectivity index (χ3n) is 4.28. The van der Waals surface area contributed by atoms with E-state index in [1.165, 1.54) is 0 Å². The van der Waals surface area contributed by atoms with Crippen LogP contribution in [0.4, 0.5) is 9.59 Å². The van der Waals surface area contributed by atoms with E-state index < -0.39 is 23.4 Å². The number of nitrogens with zero attached hydrogens (tertiary/aromatic N) is 3. The van der Waals surface area contributed by atoms with Crippen LogP contribution in [0.3, 0.4) is 0 Å². The lowest BCUT2D eigenvalue weighted by atomic mass is 10.2. The number of aliphatic imine (C=N–C) groups is 1. The molecular formula is C26H47N5O6. The Morgan fingerprint density at radius 2 is 1.49 bits per heavy atom. The van der Waals surface area contributed by atoms with Gasteiger partial charge in [0.2, 0.25) is 5.88 Å². The lowest BCUT2D eigenvalue weighted by Gasteiger charge is -2.22. The van der Waals surface area contributed by atoms with E-state index in [9.17, 15) is 9.59 Å². The Morgan fingerprint density at radius 1 is 1.03 bits per heavy atom. The minimum Gasteiger partial charge on any atom is -0.475 e. The molecule has 11 heteroatoms. The molecule has 1 aromatic heterocycles. The molecule has 2 amide bonds. The van der Waals surface area contributed by atoms with Crippen molar-refractivity contribution in [3.05, 3.63) is 17.3 Å². The van der Waals surface area contributed by atoms with Gasteiger partial charge in [-0.1, -0.05) is 6.08 Å². The van der Waals surface area contributed by atoms with Gasteiger partial charge in [-0.25, -0.2) is 14.3 Å². The van der Waals surface area contributed by atoms with E-state index in [0.29, 0.717) is 18.2 Å². The average molecular weight is 526 g/mol. The number of alkyl carbamates (subject to hydrolysis) is 2. The third kappa shape index (κ3) is 14.3. The number of nitrogens with one attached hydrogen (secondary N) is 2. The van der Waals surface area contributed by atoms with Gasteiger partial charge in [-0.3, -0.25) is 4.99 Å². The van der Waals surface area contributed by atoms with Crippen molar-refractivity contribution < 1.29 is 28.5 Å². The number of ether oxygens (including phenoxy) is 4. The number of hydrogen-bond donors (Lipinski definition) is 2. The van der Waals surface area contributed by atoms with Crippen LogP contribution in [-0.4, -0.2) is 72.3 Å². The molecule has 0 bridgehead atoms. The normalized spacial score (nSPS) is 13.5. The van der Waals surface area contributed by atoms with Gasteiger partial charge in [-0.15, -0.1) is 0 Å². The van der Waals surface area contributed by atoms with Crippen LogP contribution in [0, 0.1) is 6.92 Å². The molecule has 212 valence electrons. The van der Waals surface area contributed by atoms with Gasteiger partial charge < -0.3 is 29.6 Å². The van der Waals surface area contributed by atoms with Crippen molar-refractivity contribution >= 4 is 24.6 Å². The van der Waals surface area contributed by atoms with Crippen molar-refractivity contribution in [1.82, 2.24) is 20.4 Å². The number of hydrogen-bond acceptors (Lipinski definition) is 8. The second kappa shape index (κ2) is 15.2. The van der Waals surface area contributed by atoms with Gasteiger partial charge in [0.05, 0.1) is 35.6 Å². The van der Waals surface area contributed by atoms with E-state index in [2.05, 4.69) is 27.4 Å². The minimum atomic E-state index is -0.534. The van der Waals surface area contributed by atoms with Gasteiger partial charge in [0.15, 0.2) is 0 Å². The number of aromatic nitrogens is 2. The average Bonchev–Trinajstić information content (AvgIpc) is 2.98. The monoisotopic (exact) mass is 525 g/mol. The molecule has 0 saturated carbocycles. The summed E-state index contributed by atoms with van der Waals surface area (Å²) in [4.78, 5) is 27.0. The number of allylic oxidation sites excluding steroid dienone is 1. The highest BCUT2D eigenvalue weighted by atomic mass is 16.6. The molecular weight excluding hydrogens is 478 g/mol. The van der Waals surface area contributed by atoms with Crippen LogP contribution in [0.25, 0.3) is 5.70 Å². The first-order chi connectivity index (χ1) is 16.9. The summed E-state index contributed by atoms with van der Waals surface area (Å²) in [6.45, 7) is 22.8. The van der Waals surface area contributed by atoms with Crippen molar-refractivity contribution in [3.63, 3.8) is 0 Å². The molecule has 1 rings (SSSR count). The molecule has 37 heavy (non-hydrogen) atoms. The molecule has 0 aromatic carbocycles. The maximum atomic E-state index is 11.8. The number of amides is 2. The van der Waals surface area contributed by atoms with Crippen molar-refractivity contribution in [2.45, 2.75) is 92.5 Å². The lowest BCUT2D eigenvalue weighted by Crippen LogP contribution is -2.40. The molecule has 11 nitrogen and oxygen atoms in total. The van der Waals surface area contributed by atoms with Crippen LogP contribution in [0.1, 0.15) is 73.6 Å². The molecule has 1 aromatic rings.